The maximum absolute atomic E-state index is 12.9. The smallest absolute Gasteiger partial charge is 0.277 e. The number of nitrogens with zero attached hydrogens (tertiary/aromatic N) is 2. The number of para-hydroxylation sites is 1. The van der Waals surface area contributed by atoms with Gasteiger partial charge in [0, 0.05) is 28.2 Å². The van der Waals surface area contributed by atoms with E-state index in [1.807, 2.05) is 37.3 Å². The molecule has 0 saturated heterocycles. The van der Waals surface area contributed by atoms with Crippen molar-refractivity contribution in [1.29, 1.82) is 0 Å². The number of Topliss-reactive ketones (excluding diaryl/α,β-unsaturated/α-hetero) is 1. The number of carbonyl (C=O) groups excluding carboxylic acids is 1. The monoisotopic (exact) mass is 393 g/mol. The van der Waals surface area contributed by atoms with Crippen LogP contribution in [-0.4, -0.2) is 33.0 Å². The first-order valence-corrected chi connectivity index (χ1v) is 9.57. The molecule has 0 fully saturated rings. The maximum atomic E-state index is 12.9. The van der Waals surface area contributed by atoms with Crippen LogP contribution in [0.1, 0.15) is 17.3 Å². The summed E-state index contributed by atoms with van der Waals surface area (Å²) in [4.78, 5) is 16.0. The fourth-order valence-electron chi connectivity index (χ4n) is 3.10. The largest absolute Gasteiger partial charge is 0.454 e. The number of carbonyl (C=O) groups is 1. The molecule has 1 aliphatic rings. The van der Waals surface area contributed by atoms with E-state index in [0.29, 0.717) is 28.2 Å². The highest BCUT2D eigenvalue weighted by Gasteiger charge is 2.23. The Kier molecular flexibility index (Phi) is 4.05. The molecule has 0 unspecified atom stereocenters. The molecule has 3 heterocycles. The van der Waals surface area contributed by atoms with Crippen LogP contribution >= 0.6 is 11.8 Å². The van der Waals surface area contributed by atoms with Gasteiger partial charge < -0.3 is 18.9 Å². The van der Waals surface area contributed by atoms with Gasteiger partial charge >= 0.3 is 0 Å². The van der Waals surface area contributed by atoms with Crippen molar-refractivity contribution in [2.45, 2.75) is 17.4 Å². The highest BCUT2D eigenvalue weighted by molar-refractivity contribution is 8.00. The van der Waals surface area contributed by atoms with Crippen LogP contribution in [0.15, 0.2) is 58.3 Å². The van der Waals surface area contributed by atoms with Crippen molar-refractivity contribution < 1.29 is 18.7 Å². The number of aromatic amines is 1. The number of H-pyrrole nitrogens is 1. The summed E-state index contributed by atoms with van der Waals surface area (Å²) in [6.07, 6.45) is 1.75. The Balaban J connectivity index is 1.34. The topological polar surface area (TPSA) is 90.2 Å². The molecule has 4 aromatic rings. The first kappa shape index (κ1) is 16.9. The molecule has 28 heavy (non-hydrogen) atoms. The molecule has 2 aromatic carbocycles. The summed E-state index contributed by atoms with van der Waals surface area (Å²) in [6.45, 7) is 2.04. The summed E-state index contributed by atoms with van der Waals surface area (Å²) in [5.74, 6) is 1.71. The minimum absolute atomic E-state index is 0.00489. The molecule has 2 aromatic heterocycles. The van der Waals surface area contributed by atoms with Crippen LogP contribution in [0.4, 0.5) is 0 Å². The Labute approximate surface area is 164 Å². The Morgan fingerprint density at radius 2 is 2.00 bits per heavy atom. The van der Waals surface area contributed by atoms with Gasteiger partial charge in [-0.25, -0.2) is 0 Å². The van der Waals surface area contributed by atoms with Gasteiger partial charge in [0.15, 0.2) is 17.3 Å². The zero-order chi connectivity index (χ0) is 19.1. The third-order valence-electron chi connectivity index (χ3n) is 4.53. The van der Waals surface area contributed by atoms with E-state index in [9.17, 15) is 4.79 Å². The van der Waals surface area contributed by atoms with Gasteiger partial charge in [0.25, 0.3) is 5.22 Å². The van der Waals surface area contributed by atoms with Crippen molar-refractivity contribution in [2.75, 3.05) is 6.79 Å². The van der Waals surface area contributed by atoms with E-state index in [0.717, 1.165) is 16.5 Å². The molecule has 140 valence electrons. The number of hydrogen-bond donors (Lipinski definition) is 1. The lowest BCUT2D eigenvalue weighted by atomic mass is 10.1. The third-order valence-corrected chi connectivity index (χ3v) is 5.46. The molecular formula is C20H15N3O4S. The van der Waals surface area contributed by atoms with E-state index in [1.165, 1.54) is 11.8 Å². The number of hydrogen-bond acceptors (Lipinski definition) is 7. The molecule has 1 atom stereocenters. The molecular weight excluding hydrogens is 378 g/mol. The molecule has 7 nitrogen and oxygen atoms in total. The first-order chi connectivity index (χ1) is 13.7. The second kappa shape index (κ2) is 6.72. The van der Waals surface area contributed by atoms with Gasteiger partial charge in [-0.1, -0.05) is 30.0 Å². The third kappa shape index (κ3) is 2.91. The quantitative estimate of drug-likeness (QED) is 0.399. The molecule has 1 aliphatic heterocycles. The Hall–Kier alpha value is -3.26. The van der Waals surface area contributed by atoms with Gasteiger partial charge in [0.1, 0.15) is 0 Å². The zero-order valence-corrected chi connectivity index (χ0v) is 15.7. The molecule has 0 amide bonds. The van der Waals surface area contributed by atoms with Gasteiger partial charge in [0.05, 0.1) is 5.25 Å². The summed E-state index contributed by atoms with van der Waals surface area (Å²) >= 11 is 1.24. The predicted octanol–water partition coefficient (Wildman–Crippen LogP) is 4.31. The Bertz CT molecular complexity index is 1180. The van der Waals surface area contributed by atoms with Crippen molar-refractivity contribution in [3.8, 4) is 23.0 Å². The Morgan fingerprint density at radius 1 is 1.14 bits per heavy atom. The van der Waals surface area contributed by atoms with E-state index >= 15 is 0 Å². The zero-order valence-electron chi connectivity index (χ0n) is 14.8. The Morgan fingerprint density at radius 3 is 2.93 bits per heavy atom. The molecule has 0 aliphatic carbocycles. The standard InChI is InChI=1S/C20H15N3O4S/c1-11(18(24)14-9-21-15-5-3-2-4-13(14)15)28-20-23-22-19(27-20)12-6-7-16-17(8-12)26-10-25-16/h2-9,11,21H,10H2,1H3/t11-/m1/s1. The fourth-order valence-corrected chi connectivity index (χ4v) is 3.85. The minimum Gasteiger partial charge on any atom is -0.454 e. The van der Waals surface area contributed by atoms with Gasteiger partial charge in [-0.05, 0) is 31.2 Å². The van der Waals surface area contributed by atoms with Crippen LogP contribution in [0.3, 0.4) is 0 Å². The second-order valence-electron chi connectivity index (χ2n) is 6.31. The highest BCUT2D eigenvalue weighted by Crippen LogP contribution is 2.36. The van der Waals surface area contributed by atoms with Crippen molar-refractivity contribution in [3.63, 3.8) is 0 Å². The molecule has 1 N–H and O–H groups in total. The number of ketones is 1. The summed E-state index contributed by atoms with van der Waals surface area (Å²) in [5.41, 5.74) is 2.33. The molecule has 0 bridgehead atoms. The van der Waals surface area contributed by atoms with Gasteiger partial charge in [-0.3, -0.25) is 4.79 Å². The number of thioether (sulfide) groups is 1. The summed E-state index contributed by atoms with van der Waals surface area (Å²) < 4.78 is 16.4. The van der Waals surface area contributed by atoms with E-state index in [4.69, 9.17) is 13.9 Å². The highest BCUT2D eigenvalue weighted by atomic mass is 32.2. The lowest BCUT2D eigenvalue weighted by Crippen LogP contribution is -2.13. The van der Waals surface area contributed by atoms with E-state index < -0.39 is 0 Å². The van der Waals surface area contributed by atoms with Crippen molar-refractivity contribution in [2.24, 2.45) is 0 Å². The molecule has 0 radical (unpaired) electrons. The van der Waals surface area contributed by atoms with Gasteiger partial charge in [0.2, 0.25) is 12.7 Å². The maximum Gasteiger partial charge on any atom is 0.277 e. The van der Waals surface area contributed by atoms with E-state index in [1.54, 1.807) is 18.3 Å². The number of rotatable bonds is 5. The van der Waals surface area contributed by atoms with Gasteiger partial charge in [-0.2, -0.15) is 0 Å². The SMILES string of the molecule is C[C@@H](Sc1nnc(-c2ccc3c(c2)OCO3)o1)C(=O)c1c[nH]c2ccccc12. The van der Waals surface area contributed by atoms with E-state index in [-0.39, 0.29) is 17.8 Å². The van der Waals surface area contributed by atoms with Crippen molar-refractivity contribution in [1.82, 2.24) is 15.2 Å². The molecule has 5 rings (SSSR count). The second-order valence-corrected chi connectivity index (χ2v) is 7.61. The van der Waals surface area contributed by atoms with Crippen molar-refractivity contribution in [3.05, 3.63) is 54.2 Å². The average molecular weight is 393 g/mol. The van der Waals surface area contributed by atoms with Crippen LogP contribution < -0.4 is 9.47 Å². The number of fused-ring (bicyclic) bond motifs is 2. The average Bonchev–Trinajstić information content (AvgIpc) is 3.45. The van der Waals surface area contributed by atoms with Gasteiger partial charge in [-0.15, -0.1) is 10.2 Å². The molecule has 0 spiro atoms. The van der Waals surface area contributed by atoms with Crippen LogP contribution in [-0.2, 0) is 0 Å². The van der Waals surface area contributed by atoms with Crippen LogP contribution in [0.5, 0.6) is 11.5 Å². The fraction of sp³-hybridized carbons (Fsp3) is 0.150. The first-order valence-electron chi connectivity index (χ1n) is 8.69. The molecule has 8 heteroatoms. The van der Waals surface area contributed by atoms with Crippen LogP contribution in [0.2, 0.25) is 0 Å². The number of aromatic nitrogens is 3. The summed E-state index contributed by atoms with van der Waals surface area (Å²) in [7, 11) is 0. The van der Waals surface area contributed by atoms with Crippen molar-refractivity contribution >= 4 is 28.4 Å². The number of benzene rings is 2. The summed E-state index contributed by atoms with van der Waals surface area (Å²) in [6, 6.07) is 13.2. The molecule has 0 saturated carbocycles. The lowest BCUT2D eigenvalue weighted by Gasteiger charge is -2.06. The number of ether oxygens (including phenoxy) is 2. The minimum atomic E-state index is -0.371. The lowest BCUT2D eigenvalue weighted by molar-refractivity contribution is 0.0995. The number of nitrogens with one attached hydrogen (secondary N) is 1. The van der Waals surface area contributed by atoms with E-state index in [2.05, 4.69) is 15.2 Å². The van der Waals surface area contributed by atoms with Crippen LogP contribution in [0.25, 0.3) is 22.4 Å². The predicted molar refractivity (Wildman–Crippen MR) is 104 cm³/mol. The summed E-state index contributed by atoms with van der Waals surface area (Å²) in [5, 5.41) is 9.03. The van der Waals surface area contributed by atoms with Crippen LogP contribution in [0, 0.1) is 0 Å². The normalized spacial score (nSPS) is 13.8.